The van der Waals surface area contributed by atoms with Gasteiger partial charge in [0.05, 0.1) is 28.7 Å². The fraction of sp³-hybridized carbons (Fsp3) is 0.200. The number of carbonyl (C=O) groups excluding carboxylic acids is 1. The standard InChI is InChI=1S/C25H20ClF2N5O2/c1-15-17(5-11-35-15)25(34)33-9-7-32(8-10-33)22-14-30-23(19-3-2-16(27)12-21(19)28)24(31-22)18-4-6-29-13-20(18)26/h2-6,11-14H,7-10H2,1H3. The molecule has 3 aromatic heterocycles. The molecule has 0 unspecified atom stereocenters. The van der Waals surface area contributed by atoms with Crippen LogP contribution in [0.3, 0.4) is 0 Å². The molecule has 4 heterocycles. The monoisotopic (exact) mass is 495 g/mol. The maximum atomic E-state index is 14.6. The molecule has 0 N–H and O–H groups in total. The summed E-state index contributed by atoms with van der Waals surface area (Å²) in [5.74, 6) is -0.359. The predicted molar refractivity (Wildman–Crippen MR) is 127 cm³/mol. The molecule has 5 rings (SSSR count). The van der Waals surface area contributed by atoms with Crippen molar-refractivity contribution in [2.75, 3.05) is 31.1 Å². The molecule has 0 radical (unpaired) electrons. The highest BCUT2D eigenvalue weighted by Crippen LogP contribution is 2.35. The first-order valence-electron chi connectivity index (χ1n) is 10.9. The smallest absolute Gasteiger partial charge is 0.257 e. The van der Waals surface area contributed by atoms with Crippen molar-refractivity contribution >= 4 is 23.3 Å². The zero-order chi connectivity index (χ0) is 24.5. The first-order chi connectivity index (χ1) is 16.9. The topological polar surface area (TPSA) is 75.4 Å². The minimum absolute atomic E-state index is 0.0756. The molecular formula is C25H20ClF2N5O2. The Morgan fingerprint density at radius 3 is 2.51 bits per heavy atom. The first-order valence-corrected chi connectivity index (χ1v) is 11.3. The molecule has 178 valence electrons. The van der Waals surface area contributed by atoms with Gasteiger partial charge in [0.15, 0.2) is 0 Å². The number of aromatic nitrogens is 3. The average molecular weight is 496 g/mol. The number of nitrogens with zero attached hydrogens (tertiary/aromatic N) is 5. The minimum atomic E-state index is -0.750. The number of benzene rings is 1. The van der Waals surface area contributed by atoms with E-state index in [1.54, 1.807) is 36.4 Å². The Morgan fingerprint density at radius 1 is 1.03 bits per heavy atom. The van der Waals surface area contributed by atoms with Crippen molar-refractivity contribution in [3.8, 4) is 22.5 Å². The van der Waals surface area contributed by atoms with Crippen LogP contribution in [0.1, 0.15) is 16.1 Å². The van der Waals surface area contributed by atoms with Gasteiger partial charge in [-0.05, 0) is 31.2 Å². The number of piperazine rings is 1. The third-order valence-corrected chi connectivity index (χ3v) is 6.25. The van der Waals surface area contributed by atoms with Gasteiger partial charge >= 0.3 is 0 Å². The Balaban J connectivity index is 1.46. The Labute approximate surface area is 205 Å². The van der Waals surface area contributed by atoms with Crippen molar-refractivity contribution < 1.29 is 18.0 Å². The number of aryl methyl sites for hydroxylation is 1. The predicted octanol–water partition coefficient (Wildman–Crippen LogP) is 5.00. The molecule has 1 saturated heterocycles. The summed E-state index contributed by atoms with van der Waals surface area (Å²) in [6, 6.07) is 6.65. The average Bonchev–Trinajstić information content (AvgIpc) is 3.30. The highest BCUT2D eigenvalue weighted by Gasteiger charge is 2.26. The van der Waals surface area contributed by atoms with E-state index in [1.165, 1.54) is 24.6 Å². The van der Waals surface area contributed by atoms with Crippen molar-refractivity contribution in [3.05, 3.63) is 83.2 Å². The quantitative estimate of drug-likeness (QED) is 0.396. The fourth-order valence-corrected chi connectivity index (χ4v) is 4.29. The molecule has 1 aliphatic heterocycles. The Hall–Kier alpha value is -3.85. The molecular weight excluding hydrogens is 476 g/mol. The van der Waals surface area contributed by atoms with E-state index >= 15 is 0 Å². The van der Waals surface area contributed by atoms with E-state index in [9.17, 15) is 13.6 Å². The van der Waals surface area contributed by atoms with Gasteiger partial charge in [-0.1, -0.05) is 11.6 Å². The molecule has 1 aliphatic rings. The fourth-order valence-electron chi connectivity index (χ4n) is 4.08. The number of anilines is 1. The number of rotatable bonds is 4. The van der Waals surface area contributed by atoms with Gasteiger partial charge in [-0.15, -0.1) is 0 Å². The molecule has 35 heavy (non-hydrogen) atoms. The van der Waals surface area contributed by atoms with Crippen molar-refractivity contribution in [1.29, 1.82) is 0 Å². The minimum Gasteiger partial charge on any atom is -0.469 e. The van der Waals surface area contributed by atoms with Crippen LogP contribution in [0.5, 0.6) is 0 Å². The highest BCUT2D eigenvalue weighted by atomic mass is 35.5. The summed E-state index contributed by atoms with van der Waals surface area (Å²) in [4.78, 5) is 29.8. The van der Waals surface area contributed by atoms with E-state index in [1.807, 2.05) is 4.90 Å². The summed E-state index contributed by atoms with van der Waals surface area (Å²) < 4.78 is 33.4. The van der Waals surface area contributed by atoms with Crippen LogP contribution < -0.4 is 4.90 Å². The van der Waals surface area contributed by atoms with Crippen molar-refractivity contribution in [2.45, 2.75) is 6.92 Å². The molecule has 1 amide bonds. The number of pyridine rings is 1. The Morgan fingerprint density at radius 2 is 1.83 bits per heavy atom. The lowest BCUT2D eigenvalue weighted by Gasteiger charge is -2.35. The lowest BCUT2D eigenvalue weighted by molar-refractivity contribution is 0.0744. The maximum Gasteiger partial charge on any atom is 0.257 e. The summed E-state index contributed by atoms with van der Waals surface area (Å²) in [6.45, 7) is 3.81. The number of halogens is 3. The molecule has 0 spiro atoms. The summed E-state index contributed by atoms with van der Waals surface area (Å²) in [7, 11) is 0. The van der Waals surface area contributed by atoms with Gasteiger partial charge in [0, 0.05) is 55.8 Å². The zero-order valence-electron chi connectivity index (χ0n) is 18.7. The van der Waals surface area contributed by atoms with Crippen LogP contribution >= 0.6 is 11.6 Å². The van der Waals surface area contributed by atoms with E-state index in [0.29, 0.717) is 59.6 Å². The number of amides is 1. The molecule has 1 aromatic carbocycles. The molecule has 4 aromatic rings. The third-order valence-electron chi connectivity index (χ3n) is 5.95. The van der Waals surface area contributed by atoms with Crippen LogP contribution in [-0.4, -0.2) is 51.9 Å². The molecule has 0 bridgehead atoms. The Kier molecular flexibility index (Phi) is 6.17. The number of carbonyl (C=O) groups is 1. The second-order valence-corrected chi connectivity index (χ2v) is 8.48. The summed E-state index contributed by atoms with van der Waals surface area (Å²) in [5, 5.41) is 0.327. The van der Waals surface area contributed by atoms with Crippen molar-refractivity contribution in [3.63, 3.8) is 0 Å². The van der Waals surface area contributed by atoms with Gasteiger partial charge in [-0.25, -0.2) is 18.7 Å². The normalized spacial score (nSPS) is 13.8. The van der Waals surface area contributed by atoms with Gasteiger partial charge in [-0.2, -0.15) is 0 Å². The molecule has 0 aliphatic carbocycles. The zero-order valence-corrected chi connectivity index (χ0v) is 19.5. The first kappa shape index (κ1) is 22.9. The number of hydrogen-bond donors (Lipinski definition) is 0. The van der Waals surface area contributed by atoms with Crippen molar-refractivity contribution in [2.24, 2.45) is 0 Å². The maximum absolute atomic E-state index is 14.6. The Bertz CT molecular complexity index is 1400. The van der Waals surface area contributed by atoms with E-state index in [0.717, 1.165) is 6.07 Å². The second kappa shape index (κ2) is 9.42. The third kappa shape index (κ3) is 4.46. The van der Waals surface area contributed by atoms with E-state index in [2.05, 4.69) is 9.97 Å². The molecule has 10 heteroatoms. The van der Waals surface area contributed by atoms with E-state index < -0.39 is 11.6 Å². The van der Waals surface area contributed by atoms with Crippen LogP contribution in [0.25, 0.3) is 22.5 Å². The van der Waals surface area contributed by atoms with Crippen molar-refractivity contribution in [1.82, 2.24) is 19.9 Å². The van der Waals surface area contributed by atoms with Crippen LogP contribution in [0, 0.1) is 18.6 Å². The number of hydrogen-bond acceptors (Lipinski definition) is 6. The second-order valence-electron chi connectivity index (χ2n) is 8.07. The number of furan rings is 1. The molecule has 0 atom stereocenters. The van der Waals surface area contributed by atoms with E-state index in [-0.39, 0.29) is 17.2 Å². The molecule has 1 fully saturated rings. The van der Waals surface area contributed by atoms with Gasteiger partial charge in [0.1, 0.15) is 28.9 Å². The van der Waals surface area contributed by atoms with Gasteiger partial charge in [0.2, 0.25) is 0 Å². The molecule has 7 nitrogen and oxygen atoms in total. The van der Waals surface area contributed by atoms with Crippen LogP contribution in [0.15, 0.2) is 59.6 Å². The SMILES string of the molecule is Cc1occc1C(=O)N1CCN(c2cnc(-c3ccc(F)cc3F)c(-c3ccncc3Cl)n2)CC1. The molecule has 0 saturated carbocycles. The summed E-state index contributed by atoms with van der Waals surface area (Å²) in [5.41, 5.74) is 1.79. The van der Waals surface area contributed by atoms with Crippen LogP contribution in [-0.2, 0) is 0 Å². The summed E-state index contributed by atoms with van der Waals surface area (Å²) >= 11 is 6.39. The largest absolute Gasteiger partial charge is 0.469 e. The summed E-state index contributed by atoms with van der Waals surface area (Å²) in [6.07, 6.45) is 6.08. The van der Waals surface area contributed by atoms with Gasteiger partial charge < -0.3 is 14.2 Å². The highest BCUT2D eigenvalue weighted by molar-refractivity contribution is 6.33. The van der Waals surface area contributed by atoms with Crippen LogP contribution in [0.4, 0.5) is 14.6 Å². The van der Waals surface area contributed by atoms with Gasteiger partial charge in [0.25, 0.3) is 5.91 Å². The van der Waals surface area contributed by atoms with E-state index in [4.69, 9.17) is 21.0 Å². The van der Waals surface area contributed by atoms with Gasteiger partial charge in [-0.3, -0.25) is 9.78 Å². The van der Waals surface area contributed by atoms with Crippen LogP contribution in [0.2, 0.25) is 5.02 Å². The lowest BCUT2D eigenvalue weighted by atomic mass is 10.0. The lowest BCUT2D eigenvalue weighted by Crippen LogP contribution is -2.49.